The third-order valence-electron chi connectivity index (χ3n) is 4.32. The monoisotopic (exact) mass is 332 g/mol. The summed E-state index contributed by atoms with van der Waals surface area (Å²) < 4.78 is 0. The first-order valence-corrected chi connectivity index (χ1v) is 9.14. The normalized spacial score (nSPS) is 12.1. The molecule has 0 aromatic heterocycles. The molecule has 0 fully saturated rings. The number of nitrogens with one attached hydrogen (secondary N) is 2. The van der Waals surface area contributed by atoms with Crippen LogP contribution in [0.5, 0.6) is 0 Å². The van der Waals surface area contributed by atoms with Crippen molar-refractivity contribution in [1.82, 2.24) is 15.5 Å². The van der Waals surface area contributed by atoms with Gasteiger partial charge in [0.1, 0.15) is 0 Å². The van der Waals surface area contributed by atoms with Gasteiger partial charge in [-0.15, -0.1) is 0 Å². The zero-order valence-corrected chi connectivity index (χ0v) is 16.4. The van der Waals surface area contributed by atoms with E-state index in [0.29, 0.717) is 6.04 Å². The number of aryl methyl sites for hydroxylation is 2. The zero-order chi connectivity index (χ0) is 17.9. The van der Waals surface area contributed by atoms with Crippen molar-refractivity contribution in [3.8, 4) is 0 Å². The smallest absolute Gasteiger partial charge is 0.190 e. The van der Waals surface area contributed by atoms with E-state index in [1.165, 1.54) is 23.1 Å². The van der Waals surface area contributed by atoms with Crippen molar-refractivity contribution in [2.24, 2.45) is 4.99 Å². The summed E-state index contributed by atoms with van der Waals surface area (Å²) in [4.78, 5) is 6.69. The summed E-state index contributed by atoms with van der Waals surface area (Å²) >= 11 is 0. The highest BCUT2D eigenvalue weighted by molar-refractivity contribution is 5.79. The van der Waals surface area contributed by atoms with E-state index in [4.69, 9.17) is 0 Å². The molecule has 4 heteroatoms. The molecule has 0 spiro atoms. The molecular weight excluding hydrogens is 296 g/mol. The van der Waals surface area contributed by atoms with Crippen molar-refractivity contribution < 1.29 is 0 Å². The lowest BCUT2D eigenvalue weighted by Crippen LogP contribution is -2.39. The molecule has 1 aromatic rings. The summed E-state index contributed by atoms with van der Waals surface area (Å²) in [6.45, 7) is 11.8. The molecule has 0 unspecified atom stereocenters. The summed E-state index contributed by atoms with van der Waals surface area (Å²) in [6.07, 6.45) is 3.39. The molecule has 0 aliphatic carbocycles. The van der Waals surface area contributed by atoms with E-state index in [1.807, 2.05) is 7.05 Å². The highest BCUT2D eigenvalue weighted by Gasteiger charge is 2.02. The van der Waals surface area contributed by atoms with Crippen LogP contribution in [0.1, 0.15) is 43.4 Å². The minimum absolute atomic E-state index is 0.623. The van der Waals surface area contributed by atoms with Crippen molar-refractivity contribution in [2.75, 3.05) is 33.7 Å². The van der Waals surface area contributed by atoms with Gasteiger partial charge in [0.05, 0.1) is 0 Å². The van der Waals surface area contributed by atoms with Crippen molar-refractivity contribution in [3.05, 3.63) is 34.9 Å². The van der Waals surface area contributed by atoms with Crippen molar-refractivity contribution in [3.63, 3.8) is 0 Å². The van der Waals surface area contributed by atoms with Crippen LogP contribution in [-0.4, -0.2) is 50.6 Å². The number of hydrogen-bond acceptors (Lipinski definition) is 2. The molecule has 24 heavy (non-hydrogen) atoms. The number of rotatable bonds is 9. The summed E-state index contributed by atoms with van der Waals surface area (Å²) in [7, 11) is 4.02. The standard InChI is InChI=1S/C20H36N4/c1-16(2)24(6)12-8-7-10-22-20(21-5)23-11-9-19-14-17(3)13-18(4)15-19/h13-16H,7-12H2,1-6H3,(H2,21,22,23). The number of unbranched alkanes of at least 4 members (excludes halogenated alkanes) is 1. The molecule has 0 aliphatic heterocycles. The van der Waals surface area contributed by atoms with Gasteiger partial charge >= 0.3 is 0 Å². The van der Waals surface area contributed by atoms with Crippen LogP contribution in [0.4, 0.5) is 0 Å². The van der Waals surface area contributed by atoms with Crippen molar-refractivity contribution >= 4 is 5.96 Å². The summed E-state index contributed by atoms with van der Waals surface area (Å²) in [5.74, 6) is 0.900. The molecule has 0 radical (unpaired) electrons. The molecule has 0 saturated heterocycles. The second-order valence-corrected chi connectivity index (χ2v) is 6.95. The maximum absolute atomic E-state index is 4.30. The topological polar surface area (TPSA) is 39.7 Å². The number of nitrogens with zero attached hydrogens (tertiary/aromatic N) is 2. The molecule has 0 saturated carbocycles. The fourth-order valence-corrected chi connectivity index (χ4v) is 2.71. The van der Waals surface area contributed by atoms with Crippen LogP contribution in [0.15, 0.2) is 23.2 Å². The molecule has 0 heterocycles. The van der Waals surface area contributed by atoms with Gasteiger partial charge in [0, 0.05) is 26.2 Å². The third-order valence-corrected chi connectivity index (χ3v) is 4.32. The highest BCUT2D eigenvalue weighted by atomic mass is 15.2. The van der Waals surface area contributed by atoms with E-state index in [9.17, 15) is 0 Å². The Morgan fingerprint density at radius 2 is 1.67 bits per heavy atom. The van der Waals surface area contributed by atoms with Crippen LogP contribution in [0.3, 0.4) is 0 Å². The van der Waals surface area contributed by atoms with E-state index in [-0.39, 0.29) is 0 Å². The SMILES string of the molecule is CN=C(NCCCCN(C)C(C)C)NCCc1cc(C)cc(C)c1. The van der Waals surface area contributed by atoms with Crippen LogP contribution in [-0.2, 0) is 6.42 Å². The van der Waals surface area contributed by atoms with E-state index in [1.54, 1.807) is 0 Å². The lowest BCUT2D eigenvalue weighted by molar-refractivity contribution is 0.268. The Hall–Kier alpha value is -1.55. The average Bonchev–Trinajstić information content (AvgIpc) is 2.51. The number of hydrogen-bond donors (Lipinski definition) is 2. The van der Waals surface area contributed by atoms with Crippen LogP contribution in [0.25, 0.3) is 0 Å². The summed E-state index contributed by atoms with van der Waals surface area (Å²) in [6, 6.07) is 7.36. The summed E-state index contributed by atoms with van der Waals surface area (Å²) in [5.41, 5.74) is 4.05. The highest BCUT2D eigenvalue weighted by Crippen LogP contribution is 2.08. The largest absolute Gasteiger partial charge is 0.356 e. The van der Waals surface area contributed by atoms with Gasteiger partial charge in [0.15, 0.2) is 5.96 Å². The fraction of sp³-hybridized carbons (Fsp3) is 0.650. The minimum atomic E-state index is 0.623. The van der Waals surface area contributed by atoms with Gasteiger partial charge in [-0.2, -0.15) is 0 Å². The van der Waals surface area contributed by atoms with Gasteiger partial charge < -0.3 is 15.5 Å². The summed E-state index contributed by atoms with van der Waals surface area (Å²) in [5, 5.41) is 6.80. The predicted molar refractivity (Wildman–Crippen MR) is 106 cm³/mol. The first kappa shape index (κ1) is 20.5. The fourth-order valence-electron chi connectivity index (χ4n) is 2.71. The minimum Gasteiger partial charge on any atom is -0.356 e. The first-order valence-electron chi connectivity index (χ1n) is 9.14. The van der Waals surface area contributed by atoms with Crippen LogP contribution < -0.4 is 10.6 Å². The number of benzene rings is 1. The lowest BCUT2D eigenvalue weighted by Gasteiger charge is -2.20. The van der Waals surface area contributed by atoms with Gasteiger partial charge in [-0.3, -0.25) is 4.99 Å². The van der Waals surface area contributed by atoms with Gasteiger partial charge in [0.25, 0.3) is 0 Å². The Labute approximate surface area is 148 Å². The second-order valence-electron chi connectivity index (χ2n) is 6.95. The molecule has 0 atom stereocenters. The Bertz CT molecular complexity index is 488. The van der Waals surface area contributed by atoms with E-state index in [0.717, 1.165) is 38.4 Å². The number of aliphatic imine (C=N–C) groups is 1. The molecule has 1 aromatic carbocycles. The Morgan fingerprint density at radius 3 is 2.25 bits per heavy atom. The van der Waals surface area contributed by atoms with Crippen LogP contribution in [0.2, 0.25) is 0 Å². The molecule has 1 rings (SSSR count). The van der Waals surface area contributed by atoms with Gasteiger partial charge in [-0.05, 0) is 66.1 Å². The quantitative estimate of drug-likeness (QED) is 0.415. The zero-order valence-electron chi connectivity index (χ0n) is 16.4. The maximum Gasteiger partial charge on any atom is 0.190 e. The van der Waals surface area contributed by atoms with E-state index < -0.39 is 0 Å². The molecule has 4 nitrogen and oxygen atoms in total. The second kappa shape index (κ2) is 11.1. The third kappa shape index (κ3) is 8.34. The van der Waals surface area contributed by atoms with Gasteiger partial charge in [-0.1, -0.05) is 29.3 Å². The Kier molecular flexibility index (Phi) is 9.46. The predicted octanol–water partition coefficient (Wildman–Crippen LogP) is 3.13. The molecule has 0 aliphatic rings. The molecule has 2 N–H and O–H groups in total. The molecule has 0 bridgehead atoms. The number of guanidine groups is 1. The Balaban J connectivity index is 2.21. The first-order chi connectivity index (χ1) is 11.4. The molecular formula is C20H36N4. The lowest BCUT2D eigenvalue weighted by atomic mass is 10.1. The van der Waals surface area contributed by atoms with Crippen molar-refractivity contribution in [1.29, 1.82) is 0 Å². The Morgan fingerprint density at radius 1 is 1.04 bits per heavy atom. The molecule has 136 valence electrons. The average molecular weight is 333 g/mol. The van der Waals surface area contributed by atoms with Crippen LogP contribution >= 0.6 is 0 Å². The van der Waals surface area contributed by atoms with Gasteiger partial charge in [-0.25, -0.2) is 0 Å². The maximum atomic E-state index is 4.30. The van der Waals surface area contributed by atoms with E-state index in [2.05, 4.69) is 73.5 Å². The van der Waals surface area contributed by atoms with Crippen LogP contribution in [0, 0.1) is 13.8 Å². The molecule has 0 amide bonds. The van der Waals surface area contributed by atoms with Crippen molar-refractivity contribution in [2.45, 2.75) is 53.0 Å². The van der Waals surface area contributed by atoms with E-state index >= 15 is 0 Å². The van der Waals surface area contributed by atoms with Gasteiger partial charge in [0.2, 0.25) is 0 Å².